The zero-order valence-electron chi connectivity index (χ0n) is 17.6. The smallest absolute Gasteiger partial charge is 0.326 e. The van der Waals surface area contributed by atoms with Crippen LogP contribution >= 0.6 is 23.1 Å². The fraction of sp³-hybridized carbons (Fsp3) is 0.524. The number of hydrogen-bond acceptors (Lipinski definition) is 6. The Labute approximate surface area is 188 Å². The van der Waals surface area contributed by atoms with Gasteiger partial charge in [0.25, 0.3) is 5.91 Å². The molecule has 1 aromatic heterocycles. The number of amides is 2. The Bertz CT molecular complexity index is 1030. The minimum atomic E-state index is -0.462. The molecule has 0 N–H and O–H groups in total. The zero-order valence-corrected chi connectivity index (χ0v) is 19.3. The lowest BCUT2D eigenvalue weighted by atomic mass is 9.99. The molecule has 1 fully saturated rings. The van der Waals surface area contributed by atoms with E-state index in [1.807, 2.05) is 4.90 Å². The molecule has 2 amide bonds. The highest BCUT2D eigenvalue weighted by molar-refractivity contribution is 8.00. The van der Waals surface area contributed by atoms with Crippen LogP contribution in [0.25, 0.3) is 10.2 Å². The Balaban J connectivity index is 1.68. The van der Waals surface area contributed by atoms with Crippen molar-refractivity contribution in [3.8, 4) is 0 Å². The number of aromatic nitrogens is 1. The molecule has 0 radical (unpaired) electrons. The summed E-state index contributed by atoms with van der Waals surface area (Å²) >= 11 is 2.36. The third kappa shape index (κ3) is 6.39. The first-order valence-corrected chi connectivity index (χ1v) is 12.2. The number of thioether (sulfide) groups is 1. The van der Waals surface area contributed by atoms with E-state index in [2.05, 4.69) is 11.9 Å². The van der Waals surface area contributed by atoms with Crippen molar-refractivity contribution in [1.82, 2.24) is 9.47 Å². The van der Waals surface area contributed by atoms with Gasteiger partial charge in [-0.1, -0.05) is 18.3 Å². The summed E-state index contributed by atoms with van der Waals surface area (Å²) in [5.41, 5.74) is 0.605. The maximum atomic E-state index is 13.6. The number of nitrogens with zero attached hydrogens (tertiary/aromatic N) is 3. The third-order valence-electron chi connectivity index (χ3n) is 5.05. The van der Waals surface area contributed by atoms with Gasteiger partial charge in [-0.15, -0.1) is 11.8 Å². The van der Waals surface area contributed by atoms with Crippen LogP contribution in [-0.4, -0.2) is 58.5 Å². The van der Waals surface area contributed by atoms with E-state index in [4.69, 9.17) is 4.74 Å². The van der Waals surface area contributed by atoms with Gasteiger partial charge < -0.3 is 14.2 Å². The maximum absolute atomic E-state index is 13.6. The minimum absolute atomic E-state index is 0.0411. The zero-order chi connectivity index (χ0) is 22.4. The highest BCUT2D eigenvalue weighted by Crippen LogP contribution is 2.19. The Morgan fingerprint density at radius 2 is 2.00 bits per heavy atom. The van der Waals surface area contributed by atoms with Crippen molar-refractivity contribution in [2.24, 2.45) is 10.9 Å². The van der Waals surface area contributed by atoms with Crippen LogP contribution in [0.5, 0.6) is 0 Å². The molecule has 168 valence electrons. The van der Waals surface area contributed by atoms with Crippen LogP contribution in [0.15, 0.2) is 23.2 Å². The van der Waals surface area contributed by atoms with Crippen LogP contribution in [0.2, 0.25) is 0 Å². The van der Waals surface area contributed by atoms with Gasteiger partial charge in [0, 0.05) is 13.1 Å². The highest BCUT2D eigenvalue weighted by Gasteiger charge is 2.20. The van der Waals surface area contributed by atoms with Crippen molar-refractivity contribution >= 4 is 51.1 Å². The molecule has 31 heavy (non-hydrogen) atoms. The van der Waals surface area contributed by atoms with Crippen LogP contribution in [0.4, 0.5) is 4.39 Å². The molecule has 7 nitrogen and oxygen atoms in total. The third-order valence-corrected chi connectivity index (χ3v) is 6.99. The van der Waals surface area contributed by atoms with E-state index in [0.717, 1.165) is 37.3 Å². The predicted octanol–water partition coefficient (Wildman–Crippen LogP) is 2.82. The summed E-state index contributed by atoms with van der Waals surface area (Å²) in [4.78, 5) is 43.0. The summed E-state index contributed by atoms with van der Waals surface area (Å²) < 4.78 is 20.7. The average molecular weight is 468 g/mol. The van der Waals surface area contributed by atoms with Crippen molar-refractivity contribution in [2.75, 3.05) is 31.2 Å². The standard InChI is InChI=1S/C21H26FN3O4S2/c1-3-29-20(28)11-25-16-5-4-15(22)10-17(16)31-21(25)23-18(26)12-30-13-19(27)24-8-6-14(2)7-9-24/h4-5,10,14H,3,6-9,11-13H2,1-2H3. The number of ether oxygens (including phenoxy) is 1. The van der Waals surface area contributed by atoms with Gasteiger partial charge in [-0.25, -0.2) is 4.39 Å². The van der Waals surface area contributed by atoms with Gasteiger partial charge in [-0.05, 0) is 43.9 Å². The first kappa shape index (κ1) is 23.5. The Morgan fingerprint density at radius 1 is 1.26 bits per heavy atom. The van der Waals surface area contributed by atoms with Crippen molar-refractivity contribution in [1.29, 1.82) is 0 Å². The summed E-state index contributed by atoms with van der Waals surface area (Å²) in [6.45, 7) is 5.55. The van der Waals surface area contributed by atoms with Crippen LogP contribution in [0, 0.1) is 11.7 Å². The predicted molar refractivity (Wildman–Crippen MR) is 119 cm³/mol. The second-order valence-corrected chi connectivity index (χ2v) is 9.44. The second kappa shape index (κ2) is 10.9. The van der Waals surface area contributed by atoms with Gasteiger partial charge in [0.2, 0.25) is 5.91 Å². The van der Waals surface area contributed by atoms with E-state index in [1.54, 1.807) is 17.6 Å². The SMILES string of the molecule is CCOC(=O)Cn1c(=NC(=O)CSCC(=O)N2CCC(C)CC2)sc2cc(F)ccc21. The second-order valence-electron chi connectivity index (χ2n) is 7.45. The first-order valence-electron chi connectivity index (χ1n) is 10.2. The Morgan fingerprint density at radius 3 is 2.71 bits per heavy atom. The van der Waals surface area contributed by atoms with Crippen LogP contribution in [-0.2, 0) is 25.7 Å². The lowest BCUT2D eigenvalue weighted by Crippen LogP contribution is -2.39. The van der Waals surface area contributed by atoms with Gasteiger partial charge in [0.05, 0.1) is 28.3 Å². The number of carbonyl (C=O) groups is 3. The fourth-order valence-corrected chi connectivity index (χ4v) is 5.10. The molecule has 0 atom stereocenters. The van der Waals surface area contributed by atoms with Crippen molar-refractivity contribution in [3.63, 3.8) is 0 Å². The molecule has 0 aliphatic carbocycles. The number of thiazole rings is 1. The van der Waals surface area contributed by atoms with E-state index >= 15 is 0 Å². The van der Waals surface area contributed by atoms with Crippen molar-refractivity contribution in [3.05, 3.63) is 28.8 Å². The molecule has 1 aliphatic heterocycles. The largest absolute Gasteiger partial charge is 0.465 e. The summed E-state index contributed by atoms with van der Waals surface area (Å²) in [5.74, 6) is -0.303. The van der Waals surface area contributed by atoms with E-state index in [-0.39, 0.29) is 30.6 Å². The monoisotopic (exact) mass is 467 g/mol. The van der Waals surface area contributed by atoms with Gasteiger partial charge in [-0.2, -0.15) is 4.99 Å². The average Bonchev–Trinajstić information content (AvgIpc) is 3.04. The normalized spacial score (nSPS) is 15.5. The lowest BCUT2D eigenvalue weighted by Gasteiger charge is -2.30. The summed E-state index contributed by atoms with van der Waals surface area (Å²) in [5, 5.41) is 0. The van der Waals surface area contributed by atoms with Gasteiger partial charge in [0.1, 0.15) is 12.4 Å². The van der Waals surface area contributed by atoms with Gasteiger partial charge in [0.15, 0.2) is 4.80 Å². The number of hydrogen-bond donors (Lipinski definition) is 0. The molecule has 2 heterocycles. The maximum Gasteiger partial charge on any atom is 0.326 e. The molecule has 1 aliphatic rings. The summed E-state index contributed by atoms with van der Waals surface area (Å²) in [6, 6.07) is 4.19. The van der Waals surface area contributed by atoms with Crippen molar-refractivity contribution in [2.45, 2.75) is 33.2 Å². The molecular weight excluding hydrogens is 441 g/mol. The summed E-state index contributed by atoms with van der Waals surface area (Å²) in [7, 11) is 0. The number of piperidine rings is 1. The fourth-order valence-electron chi connectivity index (χ4n) is 3.33. The van der Waals surface area contributed by atoms with Crippen molar-refractivity contribution < 1.29 is 23.5 Å². The number of fused-ring (bicyclic) bond motifs is 1. The Hall–Kier alpha value is -2.20. The van der Waals surface area contributed by atoms with E-state index in [9.17, 15) is 18.8 Å². The molecule has 0 unspecified atom stereocenters. The number of carbonyl (C=O) groups excluding carboxylic acids is 3. The quantitative estimate of drug-likeness (QED) is 0.585. The molecule has 1 saturated heterocycles. The Kier molecular flexibility index (Phi) is 8.25. The van der Waals surface area contributed by atoms with E-state index in [1.165, 1.54) is 23.9 Å². The molecule has 0 saturated carbocycles. The molecule has 3 rings (SSSR count). The molecule has 2 aromatic rings. The van der Waals surface area contributed by atoms with Crippen LogP contribution in [0.1, 0.15) is 26.7 Å². The topological polar surface area (TPSA) is 81.0 Å². The van der Waals surface area contributed by atoms with E-state index in [0.29, 0.717) is 20.9 Å². The number of halogens is 1. The summed E-state index contributed by atoms with van der Waals surface area (Å²) in [6.07, 6.45) is 2.02. The molecule has 1 aromatic carbocycles. The lowest BCUT2D eigenvalue weighted by molar-refractivity contribution is -0.143. The molecule has 0 spiro atoms. The van der Waals surface area contributed by atoms with E-state index < -0.39 is 17.7 Å². The molecule has 10 heteroatoms. The number of likely N-dealkylation sites (tertiary alicyclic amines) is 1. The number of benzene rings is 1. The minimum Gasteiger partial charge on any atom is -0.465 e. The first-order chi connectivity index (χ1) is 14.9. The molecular formula is C21H26FN3O4S2. The number of esters is 1. The highest BCUT2D eigenvalue weighted by atomic mass is 32.2. The molecule has 0 bridgehead atoms. The number of rotatable bonds is 7. The van der Waals surface area contributed by atoms with Gasteiger partial charge >= 0.3 is 5.97 Å². The van der Waals surface area contributed by atoms with Crippen LogP contribution < -0.4 is 4.80 Å². The van der Waals surface area contributed by atoms with Crippen LogP contribution in [0.3, 0.4) is 0 Å². The van der Waals surface area contributed by atoms with Gasteiger partial charge in [-0.3, -0.25) is 14.4 Å².